The maximum atomic E-state index is 12.8. The zero-order valence-corrected chi connectivity index (χ0v) is 14.2. The van der Waals surface area contributed by atoms with Crippen LogP contribution in [0.5, 0.6) is 0 Å². The first-order valence-corrected chi connectivity index (χ1v) is 9.23. The molecule has 1 atom stereocenters. The van der Waals surface area contributed by atoms with Crippen LogP contribution >= 0.6 is 0 Å². The molecule has 0 aromatic heterocycles. The van der Waals surface area contributed by atoms with Crippen LogP contribution in [-0.2, 0) is 9.53 Å². The quantitative estimate of drug-likeness (QED) is 0.800. The second-order valence-corrected chi connectivity index (χ2v) is 7.70. The van der Waals surface area contributed by atoms with E-state index in [0.717, 1.165) is 45.8 Å². The van der Waals surface area contributed by atoms with Crippen LogP contribution < -0.4 is 0 Å². The average Bonchev–Trinajstić information content (AvgIpc) is 3.09. The van der Waals surface area contributed by atoms with E-state index in [1.807, 2.05) is 0 Å². The Morgan fingerprint density at radius 1 is 1.14 bits per heavy atom. The van der Waals surface area contributed by atoms with Crippen LogP contribution in [0.15, 0.2) is 0 Å². The van der Waals surface area contributed by atoms with E-state index in [0.29, 0.717) is 11.3 Å². The monoisotopic (exact) mass is 308 g/mol. The van der Waals surface area contributed by atoms with Gasteiger partial charge < -0.3 is 14.5 Å². The highest BCUT2D eigenvalue weighted by Gasteiger charge is 2.42. The summed E-state index contributed by atoms with van der Waals surface area (Å²) in [7, 11) is 1.75. The molecule has 2 saturated heterocycles. The number of amides is 1. The van der Waals surface area contributed by atoms with Crippen molar-refractivity contribution in [2.45, 2.75) is 51.4 Å². The normalized spacial score (nSPS) is 29.1. The summed E-state index contributed by atoms with van der Waals surface area (Å²) in [4.78, 5) is 17.4. The van der Waals surface area contributed by atoms with E-state index in [4.69, 9.17) is 4.74 Å². The molecule has 4 nitrogen and oxygen atoms in total. The molecule has 2 heterocycles. The van der Waals surface area contributed by atoms with Gasteiger partial charge in [0, 0.05) is 33.3 Å². The van der Waals surface area contributed by atoms with Crippen LogP contribution in [0.25, 0.3) is 0 Å². The molecule has 1 spiro atoms. The summed E-state index contributed by atoms with van der Waals surface area (Å²) in [6.07, 6.45) is 10.5. The van der Waals surface area contributed by atoms with E-state index < -0.39 is 0 Å². The van der Waals surface area contributed by atoms with Gasteiger partial charge in [0.15, 0.2) is 0 Å². The number of carbonyl (C=O) groups is 1. The van der Waals surface area contributed by atoms with Gasteiger partial charge in [0.25, 0.3) is 0 Å². The first kappa shape index (κ1) is 16.3. The summed E-state index contributed by atoms with van der Waals surface area (Å²) in [5.74, 6) is 0.666. The Morgan fingerprint density at radius 2 is 1.91 bits per heavy atom. The van der Waals surface area contributed by atoms with Crippen molar-refractivity contribution in [1.29, 1.82) is 0 Å². The van der Waals surface area contributed by atoms with Crippen LogP contribution in [0.2, 0.25) is 0 Å². The van der Waals surface area contributed by atoms with Gasteiger partial charge in [0.05, 0.1) is 12.5 Å². The summed E-state index contributed by atoms with van der Waals surface area (Å²) in [6.45, 7) is 5.77. The summed E-state index contributed by atoms with van der Waals surface area (Å²) in [5.41, 5.74) is 0.473. The van der Waals surface area contributed by atoms with Gasteiger partial charge in [-0.3, -0.25) is 4.79 Å². The van der Waals surface area contributed by atoms with E-state index in [-0.39, 0.29) is 5.92 Å². The molecule has 1 amide bonds. The van der Waals surface area contributed by atoms with Crippen molar-refractivity contribution in [3.63, 3.8) is 0 Å². The van der Waals surface area contributed by atoms with Gasteiger partial charge >= 0.3 is 0 Å². The number of carbonyl (C=O) groups excluding carboxylic acids is 1. The predicted molar refractivity (Wildman–Crippen MR) is 87.8 cm³/mol. The maximum Gasteiger partial charge on any atom is 0.227 e. The fraction of sp³-hybridized carbons (Fsp3) is 0.944. The molecule has 1 saturated carbocycles. The SMILES string of the molecule is COCCN1CC[C@@H](C(=O)N2CCC3(CCCCCC3)C2)C1. The van der Waals surface area contributed by atoms with Crippen LogP contribution in [0.4, 0.5) is 0 Å². The van der Waals surface area contributed by atoms with Crippen LogP contribution in [-0.4, -0.2) is 62.1 Å². The van der Waals surface area contributed by atoms with E-state index in [9.17, 15) is 4.79 Å². The molecule has 3 rings (SSSR count). The van der Waals surface area contributed by atoms with Crippen molar-refractivity contribution < 1.29 is 9.53 Å². The standard InChI is InChI=1S/C18H32N2O2/c1-22-13-12-19-10-6-16(14-19)17(21)20-11-9-18(15-20)7-4-2-3-5-8-18/h16H,2-15H2,1H3/t16-/m1/s1. The zero-order chi connectivity index (χ0) is 15.4. The Morgan fingerprint density at radius 3 is 2.64 bits per heavy atom. The van der Waals surface area contributed by atoms with Crippen molar-refractivity contribution in [1.82, 2.24) is 9.80 Å². The van der Waals surface area contributed by atoms with Crippen molar-refractivity contribution >= 4 is 5.91 Å². The predicted octanol–water partition coefficient (Wildman–Crippen LogP) is 2.53. The number of hydrogen-bond acceptors (Lipinski definition) is 3. The van der Waals surface area contributed by atoms with Crippen LogP contribution in [0, 0.1) is 11.3 Å². The minimum atomic E-state index is 0.234. The highest BCUT2D eigenvalue weighted by atomic mass is 16.5. The molecule has 126 valence electrons. The van der Waals surface area contributed by atoms with E-state index in [2.05, 4.69) is 9.80 Å². The lowest BCUT2D eigenvalue weighted by molar-refractivity contribution is -0.134. The van der Waals surface area contributed by atoms with Crippen molar-refractivity contribution in [2.24, 2.45) is 11.3 Å². The first-order chi connectivity index (χ1) is 10.7. The van der Waals surface area contributed by atoms with E-state index >= 15 is 0 Å². The van der Waals surface area contributed by atoms with Gasteiger partial charge in [0.2, 0.25) is 5.91 Å². The van der Waals surface area contributed by atoms with Crippen molar-refractivity contribution in [3.05, 3.63) is 0 Å². The van der Waals surface area contributed by atoms with Crippen molar-refractivity contribution in [3.8, 4) is 0 Å². The Labute approximate surface area is 135 Å². The zero-order valence-electron chi connectivity index (χ0n) is 14.2. The van der Waals surface area contributed by atoms with Crippen LogP contribution in [0.3, 0.4) is 0 Å². The molecule has 0 aromatic rings. The molecule has 3 aliphatic rings. The number of likely N-dealkylation sites (tertiary alicyclic amines) is 2. The molecule has 0 radical (unpaired) electrons. The summed E-state index contributed by atoms with van der Waals surface area (Å²) < 4.78 is 5.15. The Balaban J connectivity index is 1.51. The lowest BCUT2D eigenvalue weighted by Crippen LogP contribution is -2.37. The average molecular weight is 308 g/mol. The molecule has 22 heavy (non-hydrogen) atoms. The molecule has 2 aliphatic heterocycles. The molecule has 0 N–H and O–H groups in total. The van der Waals surface area contributed by atoms with Crippen molar-refractivity contribution in [2.75, 3.05) is 46.4 Å². The summed E-state index contributed by atoms with van der Waals surface area (Å²) in [6, 6.07) is 0. The molecular formula is C18H32N2O2. The summed E-state index contributed by atoms with van der Waals surface area (Å²) in [5, 5.41) is 0. The molecule has 0 aromatic carbocycles. The minimum absolute atomic E-state index is 0.234. The Kier molecular flexibility index (Phi) is 5.40. The summed E-state index contributed by atoms with van der Waals surface area (Å²) >= 11 is 0. The molecule has 0 bridgehead atoms. The van der Waals surface area contributed by atoms with Gasteiger partial charge in [-0.05, 0) is 37.6 Å². The lowest BCUT2D eigenvalue weighted by atomic mass is 9.80. The van der Waals surface area contributed by atoms with Gasteiger partial charge in [-0.1, -0.05) is 25.7 Å². The van der Waals surface area contributed by atoms with Crippen LogP contribution in [0.1, 0.15) is 51.4 Å². The Bertz CT molecular complexity index is 377. The smallest absolute Gasteiger partial charge is 0.227 e. The fourth-order valence-corrected chi connectivity index (χ4v) is 4.73. The third-order valence-corrected chi connectivity index (χ3v) is 6.15. The van der Waals surface area contributed by atoms with Gasteiger partial charge in [-0.15, -0.1) is 0 Å². The molecule has 0 unspecified atom stereocenters. The van der Waals surface area contributed by atoms with Gasteiger partial charge in [0.1, 0.15) is 0 Å². The molecule has 4 heteroatoms. The number of rotatable bonds is 4. The lowest BCUT2D eigenvalue weighted by Gasteiger charge is -2.28. The van der Waals surface area contributed by atoms with Gasteiger partial charge in [-0.2, -0.15) is 0 Å². The highest BCUT2D eigenvalue weighted by Crippen LogP contribution is 2.43. The third kappa shape index (κ3) is 3.65. The number of nitrogens with zero attached hydrogens (tertiary/aromatic N) is 2. The third-order valence-electron chi connectivity index (χ3n) is 6.15. The highest BCUT2D eigenvalue weighted by molar-refractivity contribution is 5.79. The molecular weight excluding hydrogens is 276 g/mol. The van der Waals surface area contributed by atoms with E-state index in [1.165, 1.54) is 44.9 Å². The number of methoxy groups -OCH3 is 1. The molecule has 1 aliphatic carbocycles. The second kappa shape index (κ2) is 7.31. The first-order valence-electron chi connectivity index (χ1n) is 9.23. The minimum Gasteiger partial charge on any atom is -0.383 e. The molecule has 3 fully saturated rings. The number of ether oxygens (including phenoxy) is 1. The maximum absolute atomic E-state index is 12.8. The van der Waals surface area contributed by atoms with Gasteiger partial charge in [-0.25, -0.2) is 0 Å². The topological polar surface area (TPSA) is 32.8 Å². The Hall–Kier alpha value is -0.610. The van der Waals surface area contributed by atoms with E-state index in [1.54, 1.807) is 7.11 Å². The number of hydrogen-bond donors (Lipinski definition) is 0. The fourth-order valence-electron chi connectivity index (χ4n) is 4.73. The second-order valence-electron chi connectivity index (χ2n) is 7.70. The largest absolute Gasteiger partial charge is 0.383 e.